The maximum Gasteiger partial charge on any atom is 0.179 e. The van der Waals surface area contributed by atoms with Gasteiger partial charge in [-0.2, -0.15) is 0 Å². The van der Waals surface area contributed by atoms with Crippen molar-refractivity contribution in [2.75, 3.05) is 0 Å². The van der Waals surface area contributed by atoms with Gasteiger partial charge in [0, 0.05) is 5.56 Å². The Bertz CT molecular complexity index is 416. The molecule has 2 N–H and O–H groups in total. The second-order valence-electron chi connectivity index (χ2n) is 3.65. The van der Waals surface area contributed by atoms with E-state index in [2.05, 4.69) is 0 Å². The first-order valence-electron chi connectivity index (χ1n) is 4.61. The van der Waals surface area contributed by atoms with E-state index < -0.39 is 11.9 Å². The average molecular weight is 230 g/mol. The van der Waals surface area contributed by atoms with Gasteiger partial charge in [-0.15, -0.1) is 0 Å². The van der Waals surface area contributed by atoms with Crippen molar-refractivity contribution in [2.45, 2.75) is 26.8 Å². The maximum absolute atomic E-state index is 13.6. The van der Waals surface area contributed by atoms with Gasteiger partial charge in [0.25, 0.3) is 0 Å². The van der Waals surface area contributed by atoms with E-state index in [9.17, 15) is 9.18 Å². The Labute approximate surface area is 93.2 Å². The zero-order valence-electron chi connectivity index (χ0n) is 8.90. The Morgan fingerprint density at radius 3 is 2.53 bits per heavy atom. The molecule has 1 unspecified atom stereocenters. The topological polar surface area (TPSA) is 43.1 Å². The van der Waals surface area contributed by atoms with Crippen LogP contribution in [-0.2, 0) is 0 Å². The lowest BCUT2D eigenvalue weighted by molar-refractivity contribution is 0.0967. The van der Waals surface area contributed by atoms with E-state index in [4.69, 9.17) is 17.3 Å². The fraction of sp³-hybridized carbons (Fsp3) is 0.364. The number of ketones is 1. The van der Waals surface area contributed by atoms with Crippen molar-refractivity contribution >= 4 is 17.4 Å². The lowest BCUT2D eigenvalue weighted by Crippen LogP contribution is -2.27. The number of rotatable bonds is 2. The fourth-order valence-electron chi connectivity index (χ4n) is 1.35. The number of nitrogens with two attached hydrogens (primary N) is 1. The highest BCUT2D eigenvalue weighted by Gasteiger charge is 2.18. The van der Waals surface area contributed by atoms with Crippen LogP contribution in [0.3, 0.4) is 0 Å². The van der Waals surface area contributed by atoms with Crippen molar-refractivity contribution in [3.8, 4) is 0 Å². The highest BCUT2D eigenvalue weighted by atomic mass is 35.5. The van der Waals surface area contributed by atoms with Gasteiger partial charge in [0.2, 0.25) is 0 Å². The first kappa shape index (κ1) is 12.1. The molecule has 1 aromatic carbocycles. The second kappa shape index (κ2) is 4.29. The first-order chi connectivity index (χ1) is 6.86. The van der Waals surface area contributed by atoms with Crippen molar-refractivity contribution in [1.29, 1.82) is 0 Å². The Morgan fingerprint density at radius 2 is 2.07 bits per heavy atom. The van der Waals surface area contributed by atoms with E-state index in [0.29, 0.717) is 11.1 Å². The lowest BCUT2D eigenvalue weighted by Gasteiger charge is -2.11. The van der Waals surface area contributed by atoms with Crippen molar-refractivity contribution in [1.82, 2.24) is 0 Å². The minimum Gasteiger partial charge on any atom is -0.321 e. The van der Waals surface area contributed by atoms with Crippen molar-refractivity contribution in [2.24, 2.45) is 5.73 Å². The minimum atomic E-state index is -0.635. The molecule has 0 fully saturated rings. The van der Waals surface area contributed by atoms with E-state index in [-0.39, 0.29) is 16.4 Å². The van der Waals surface area contributed by atoms with Crippen LogP contribution >= 0.6 is 11.6 Å². The number of hydrogen-bond donors (Lipinski definition) is 1. The molecule has 0 bridgehead atoms. The van der Waals surface area contributed by atoms with Crippen LogP contribution in [0, 0.1) is 19.7 Å². The monoisotopic (exact) mass is 229 g/mol. The van der Waals surface area contributed by atoms with Crippen LogP contribution in [0.5, 0.6) is 0 Å². The third-order valence-electron chi connectivity index (χ3n) is 2.31. The van der Waals surface area contributed by atoms with Crippen molar-refractivity contribution < 1.29 is 9.18 Å². The molecule has 15 heavy (non-hydrogen) atoms. The molecule has 82 valence electrons. The van der Waals surface area contributed by atoms with Crippen molar-refractivity contribution in [3.63, 3.8) is 0 Å². The molecule has 0 saturated heterocycles. The standard InChI is InChI=1S/C11H13ClFNO/c1-5-4-8(11(15)7(3)14)6(2)10(13)9(5)12/h4,7H,14H2,1-3H3. The summed E-state index contributed by atoms with van der Waals surface area (Å²) in [5.41, 5.74) is 6.58. The summed E-state index contributed by atoms with van der Waals surface area (Å²) in [5, 5.41) is 0.0636. The van der Waals surface area contributed by atoms with Gasteiger partial charge < -0.3 is 5.73 Å². The number of Topliss-reactive ketones (excluding diaryl/α,β-unsaturated/α-hetero) is 1. The third kappa shape index (κ3) is 2.19. The molecule has 0 aliphatic heterocycles. The van der Waals surface area contributed by atoms with E-state index in [1.54, 1.807) is 19.9 Å². The first-order valence-corrected chi connectivity index (χ1v) is 4.99. The fourth-order valence-corrected chi connectivity index (χ4v) is 1.54. The molecule has 1 atom stereocenters. The van der Waals surface area contributed by atoms with E-state index in [1.165, 1.54) is 6.92 Å². The predicted molar refractivity (Wildman–Crippen MR) is 58.9 cm³/mol. The quantitative estimate of drug-likeness (QED) is 0.793. The van der Waals surface area contributed by atoms with E-state index >= 15 is 0 Å². The van der Waals surface area contributed by atoms with Crippen LogP contribution in [0.1, 0.15) is 28.4 Å². The Hall–Kier alpha value is -0.930. The van der Waals surface area contributed by atoms with Crippen LogP contribution < -0.4 is 5.73 Å². The number of carbonyl (C=O) groups is 1. The smallest absolute Gasteiger partial charge is 0.179 e. The highest BCUT2D eigenvalue weighted by molar-refractivity contribution is 6.31. The summed E-state index contributed by atoms with van der Waals surface area (Å²) in [6.45, 7) is 4.75. The van der Waals surface area contributed by atoms with Gasteiger partial charge in [-0.05, 0) is 38.0 Å². The average Bonchev–Trinajstić information content (AvgIpc) is 2.19. The minimum absolute atomic E-state index is 0.0636. The van der Waals surface area contributed by atoms with Crippen LogP contribution in [0.15, 0.2) is 6.07 Å². The molecule has 4 heteroatoms. The summed E-state index contributed by atoms with van der Waals surface area (Å²) in [7, 11) is 0. The predicted octanol–water partition coefficient (Wildman–Crippen LogP) is 2.63. The molecule has 0 spiro atoms. The number of halogens is 2. The van der Waals surface area contributed by atoms with Gasteiger partial charge in [0.1, 0.15) is 5.82 Å². The van der Waals surface area contributed by atoms with Gasteiger partial charge in [-0.25, -0.2) is 4.39 Å². The summed E-state index contributed by atoms with van der Waals surface area (Å²) in [6, 6.07) is 0.940. The van der Waals surface area contributed by atoms with Crippen LogP contribution in [0.4, 0.5) is 4.39 Å². The maximum atomic E-state index is 13.6. The van der Waals surface area contributed by atoms with Crippen LogP contribution in [0.25, 0.3) is 0 Å². The molecule has 2 nitrogen and oxygen atoms in total. The molecule has 0 aliphatic rings. The number of carbonyl (C=O) groups excluding carboxylic acids is 1. The van der Waals surface area contributed by atoms with Crippen LogP contribution in [-0.4, -0.2) is 11.8 Å². The highest BCUT2D eigenvalue weighted by Crippen LogP contribution is 2.26. The molecule has 0 aromatic heterocycles. The molecular formula is C11H13ClFNO. The zero-order valence-corrected chi connectivity index (χ0v) is 9.65. The summed E-state index contributed by atoms with van der Waals surface area (Å²) in [5.74, 6) is -0.813. The van der Waals surface area contributed by atoms with Crippen molar-refractivity contribution in [3.05, 3.63) is 33.6 Å². The van der Waals surface area contributed by atoms with Gasteiger partial charge in [0.15, 0.2) is 5.78 Å². The largest absolute Gasteiger partial charge is 0.321 e. The van der Waals surface area contributed by atoms with Gasteiger partial charge in [-0.3, -0.25) is 4.79 Å². The Kier molecular flexibility index (Phi) is 3.47. The van der Waals surface area contributed by atoms with Gasteiger partial charge in [0.05, 0.1) is 11.1 Å². The molecule has 0 amide bonds. The van der Waals surface area contributed by atoms with E-state index in [0.717, 1.165) is 0 Å². The van der Waals surface area contributed by atoms with Gasteiger partial charge >= 0.3 is 0 Å². The summed E-state index contributed by atoms with van der Waals surface area (Å²) >= 11 is 5.72. The summed E-state index contributed by atoms with van der Waals surface area (Å²) in [6.07, 6.45) is 0. The summed E-state index contributed by atoms with van der Waals surface area (Å²) < 4.78 is 13.6. The lowest BCUT2D eigenvalue weighted by atomic mass is 9.98. The van der Waals surface area contributed by atoms with Gasteiger partial charge in [-0.1, -0.05) is 11.6 Å². The SMILES string of the molecule is Cc1cc(C(=O)C(C)N)c(C)c(F)c1Cl. The molecule has 0 saturated carbocycles. The molecular weight excluding hydrogens is 217 g/mol. The Morgan fingerprint density at radius 1 is 1.53 bits per heavy atom. The molecule has 0 radical (unpaired) electrons. The number of hydrogen-bond acceptors (Lipinski definition) is 2. The normalized spacial score (nSPS) is 12.7. The zero-order chi connectivity index (χ0) is 11.7. The molecule has 1 rings (SSSR count). The number of aryl methyl sites for hydroxylation is 1. The second-order valence-corrected chi connectivity index (χ2v) is 4.02. The molecule has 0 heterocycles. The summed E-state index contributed by atoms with van der Waals surface area (Å²) in [4.78, 5) is 11.6. The molecule has 1 aromatic rings. The molecule has 0 aliphatic carbocycles. The third-order valence-corrected chi connectivity index (χ3v) is 2.78. The van der Waals surface area contributed by atoms with E-state index in [1.807, 2.05) is 0 Å². The number of benzene rings is 1. The van der Waals surface area contributed by atoms with Crippen LogP contribution in [0.2, 0.25) is 5.02 Å². The Balaban J connectivity index is 3.39.